The molecule has 3 rings (SSSR count). The Kier molecular flexibility index (Phi) is 4.73. The van der Waals surface area contributed by atoms with Gasteiger partial charge in [0, 0.05) is 6.54 Å². The number of amides is 1. The first-order valence-electron chi connectivity index (χ1n) is 7.24. The van der Waals surface area contributed by atoms with Crippen molar-refractivity contribution in [3.05, 3.63) is 34.9 Å². The molecule has 7 nitrogen and oxygen atoms in total. The van der Waals surface area contributed by atoms with Gasteiger partial charge >= 0.3 is 5.97 Å². The molecular weight excluding hydrogens is 316 g/mol. The van der Waals surface area contributed by atoms with Gasteiger partial charge < -0.3 is 15.7 Å². The van der Waals surface area contributed by atoms with Gasteiger partial charge in [-0.3, -0.25) is 9.59 Å². The van der Waals surface area contributed by atoms with Gasteiger partial charge in [-0.1, -0.05) is 23.9 Å². The first-order chi connectivity index (χ1) is 11.1. The van der Waals surface area contributed by atoms with Crippen molar-refractivity contribution in [1.29, 1.82) is 0 Å². The van der Waals surface area contributed by atoms with E-state index >= 15 is 0 Å². The second-order valence-corrected chi connectivity index (χ2v) is 6.49. The van der Waals surface area contributed by atoms with E-state index < -0.39 is 11.2 Å². The number of carbonyl (C=O) groups is 2. The van der Waals surface area contributed by atoms with Crippen molar-refractivity contribution in [3.63, 3.8) is 0 Å². The zero-order valence-electron chi connectivity index (χ0n) is 12.3. The first-order valence-corrected chi connectivity index (χ1v) is 8.12. The summed E-state index contributed by atoms with van der Waals surface area (Å²) in [4.78, 5) is 22.2. The number of fused-ring (bicyclic) bond motifs is 1. The highest BCUT2D eigenvalue weighted by atomic mass is 32.2. The maximum atomic E-state index is 11.6. The average molecular weight is 332 g/mol. The van der Waals surface area contributed by atoms with Gasteiger partial charge in [-0.25, -0.2) is 0 Å². The van der Waals surface area contributed by atoms with E-state index in [0.717, 1.165) is 36.8 Å². The molecule has 0 bridgehead atoms. The Morgan fingerprint density at radius 2 is 2.30 bits per heavy atom. The molecule has 1 saturated heterocycles. The molecule has 1 amide bonds. The third-order valence-corrected chi connectivity index (χ3v) is 4.68. The molecule has 1 aromatic carbocycles. The molecule has 0 spiro atoms. The normalized spacial score (nSPS) is 22.3. The highest BCUT2D eigenvalue weighted by Gasteiger charge is 2.32. The second-order valence-electron chi connectivity index (χ2n) is 5.30. The van der Waals surface area contributed by atoms with Gasteiger partial charge in [0.2, 0.25) is 5.91 Å². The molecule has 1 fully saturated rings. The molecule has 2 heterocycles. The summed E-state index contributed by atoms with van der Waals surface area (Å²) in [5.41, 5.74) is 3.56. The number of rotatable bonds is 4. The summed E-state index contributed by atoms with van der Waals surface area (Å²) < 4.78 is 0. The number of benzene rings is 1. The van der Waals surface area contributed by atoms with Crippen LogP contribution < -0.4 is 10.6 Å². The molecule has 1 atom stereocenters. The van der Waals surface area contributed by atoms with Crippen LogP contribution in [-0.2, 0) is 22.6 Å². The monoisotopic (exact) mass is 332 g/mol. The van der Waals surface area contributed by atoms with Gasteiger partial charge in [0.15, 0.2) is 5.17 Å². The predicted octanol–water partition coefficient (Wildman–Crippen LogP) is 0.728. The molecule has 3 N–H and O–H groups in total. The molecule has 8 heteroatoms. The number of hydrogen-bond acceptors (Lipinski definition) is 6. The second kappa shape index (κ2) is 6.93. The fourth-order valence-electron chi connectivity index (χ4n) is 2.47. The summed E-state index contributed by atoms with van der Waals surface area (Å²) >= 11 is 1.09. The summed E-state index contributed by atoms with van der Waals surface area (Å²) in [6.07, 6.45) is 2.40. The fourth-order valence-corrected chi connectivity index (χ4v) is 3.39. The Balaban J connectivity index is 1.64. The molecule has 2 aliphatic heterocycles. The summed E-state index contributed by atoms with van der Waals surface area (Å²) in [6, 6.07) is 6.14. The van der Waals surface area contributed by atoms with Crippen LogP contribution in [0.25, 0.3) is 0 Å². The largest absolute Gasteiger partial charge is 0.481 e. The van der Waals surface area contributed by atoms with Crippen LogP contribution in [-0.4, -0.2) is 40.2 Å². The van der Waals surface area contributed by atoms with Crippen LogP contribution in [0.1, 0.15) is 23.1 Å². The van der Waals surface area contributed by atoms with Crippen molar-refractivity contribution in [1.82, 2.24) is 10.6 Å². The molecule has 23 heavy (non-hydrogen) atoms. The van der Waals surface area contributed by atoms with Crippen molar-refractivity contribution in [2.75, 3.05) is 6.54 Å². The van der Waals surface area contributed by atoms with E-state index in [1.54, 1.807) is 6.21 Å². The Bertz CT molecular complexity index is 702. The van der Waals surface area contributed by atoms with Crippen LogP contribution >= 0.6 is 11.8 Å². The van der Waals surface area contributed by atoms with Crippen LogP contribution in [0.3, 0.4) is 0 Å². The molecule has 0 radical (unpaired) electrons. The number of nitrogens with zero attached hydrogens (tertiary/aromatic N) is 2. The smallest absolute Gasteiger partial charge is 0.305 e. The number of carbonyl (C=O) groups excluding carboxylic acids is 1. The highest BCUT2D eigenvalue weighted by molar-refractivity contribution is 8.15. The van der Waals surface area contributed by atoms with E-state index in [0.29, 0.717) is 5.17 Å². The lowest BCUT2D eigenvalue weighted by molar-refractivity contribution is -0.138. The summed E-state index contributed by atoms with van der Waals surface area (Å²) in [7, 11) is 0. The van der Waals surface area contributed by atoms with Crippen molar-refractivity contribution in [2.24, 2.45) is 10.2 Å². The lowest BCUT2D eigenvalue weighted by atomic mass is 9.99. The van der Waals surface area contributed by atoms with Crippen molar-refractivity contribution in [3.8, 4) is 0 Å². The summed E-state index contributed by atoms with van der Waals surface area (Å²) in [5, 5.41) is 22.2. The number of nitrogens with one attached hydrogen (secondary N) is 2. The van der Waals surface area contributed by atoms with Gasteiger partial charge in [-0.05, 0) is 35.7 Å². The number of amidine groups is 1. The van der Waals surface area contributed by atoms with Gasteiger partial charge in [-0.2, -0.15) is 5.10 Å². The Hall–Kier alpha value is -2.19. The maximum Gasteiger partial charge on any atom is 0.305 e. The number of hydrogen-bond donors (Lipinski definition) is 3. The van der Waals surface area contributed by atoms with E-state index in [2.05, 4.69) is 33.0 Å². The molecular formula is C15H16N4O3S. The van der Waals surface area contributed by atoms with Crippen LogP contribution in [0.15, 0.2) is 28.4 Å². The topological polar surface area (TPSA) is 103 Å². The minimum Gasteiger partial charge on any atom is -0.481 e. The lowest BCUT2D eigenvalue weighted by Crippen LogP contribution is -2.26. The summed E-state index contributed by atoms with van der Waals surface area (Å²) in [6.45, 7) is 1.87. The van der Waals surface area contributed by atoms with E-state index in [9.17, 15) is 9.59 Å². The Morgan fingerprint density at radius 3 is 3.13 bits per heavy atom. The predicted molar refractivity (Wildman–Crippen MR) is 88.7 cm³/mol. The van der Waals surface area contributed by atoms with Gasteiger partial charge in [0.25, 0.3) is 0 Å². The van der Waals surface area contributed by atoms with Crippen molar-refractivity contribution >= 4 is 35.0 Å². The SMILES string of the molecule is O=C(O)CC1SC(=NN=Cc2ccc3c(c2)CCNC3)NC1=O. The van der Waals surface area contributed by atoms with E-state index in [-0.39, 0.29) is 12.3 Å². The minimum absolute atomic E-state index is 0.224. The highest BCUT2D eigenvalue weighted by Crippen LogP contribution is 2.22. The molecule has 0 saturated carbocycles. The molecule has 0 aromatic heterocycles. The quantitative estimate of drug-likeness (QED) is 0.557. The van der Waals surface area contributed by atoms with Crippen molar-refractivity contribution in [2.45, 2.75) is 24.6 Å². The maximum absolute atomic E-state index is 11.6. The minimum atomic E-state index is -1.01. The van der Waals surface area contributed by atoms with Gasteiger partial charge in [0.05, 0.1) is 12.6 Å². The van der Waals surface area contributed by atoms with Crippen LogP contribution in [0.5, 0.6) is 0 Å². The molecule has 120 valence electrons. The Labute approximate surface area is 137 Å². The van der Waals surface area contributed by atoms with Crippen molar-refractivity contribution < 1.29 is 14.7 Å². The number of aliphatic carboxylic acids is 1. The van der Waals surface area contributed by atoms with Crippen LogP contribution in [0, 0.1) is 0 Å². The molecule has 1 aromatic rings. The van der Waals surface area contributed by atoms with E-state index in [1.807, 2.05) is 6.07 Å². The molecule has 2 aliphatic rings. The van der Waals surface area contributed by atoms with Crippen LogP contribution in [0.4, 0.5) is 0 Å². The number of carboxylic acids is 1. The molecule has 0 aliphatic carbocycles. The van der Waals surface area contributed by atoms with E-state index in [1.165, 1.54) is 11.1 Å². The fraction of sp³-hybridized carbons (Fsp3) is 0.333. The summed E-state index contributed by atoms with van der Waals surface area (Å²) in [5.74, 6) is -1.35. The Morgan fingerprint density at radius 1 is 1.43 bits per heavy atom. The number of carboxylic acid groups (broad SMARTS) is 1. The standard InChI is InChI=1S/C15H16N4O3S/c20-13(21)6-12-14(22)18-15(23-12)19-17-7-9-1-2-11-8-16-4-3-10(11)5-9/h1-2,5,7,12,16H,3-4,6,8H2,(H,20,21)(H,18,19,22). The van der Waals surface area contributed by atoms with Gasteiger partial charge in [0.1, 0.15) is 5.25 Å². The number of thioether (sulfide) groups is 1. The third kappa shape index (κ3) is 3.96. The lowest BCUT2D eigenvalue weighted by Gasteiger charge is -2.16. The zero-order chi connectivity index (χ0) is 16.2. The molecule has 1 unspecified atom stereocenters. The zero-order valence-corrected chi connectivity index (χ0v) is 13.1. The first kappa shape index (κ1) is 15.7. The van der Waals surface area contributed by atoms with Crippen LogP contribution in [0.2, 0.25) is 0 Å². The van der Waals surface area contributed by atoms with Gasteiger partial charge in [-0.15, -0.1) is 5.10 Å². The van der Waals surface area contributed by atoms with E-state index in [4.69, 9.17) is 5.11 Å². The third-order valence-electron chi connectivity index (χ3n) is 3.61. The average Bonchev–Trinajstić information content (AvgIpc) is 2.86.